The highest BCUT2D eigenvalue weighted by molar-refractivity contribution is 6.35. The van der Waals surface area contributed by atoms with Crippen LogP contribution in [0.5, 0.6) is 0 Å². The van der Waals surface area contributed by atoms with Gasteiger partial charge in [-0.05, 0) is 56.5 Å². The molecule has 0 unspecified atom stereocenters. The van der Waals surface area contributed by atoms with Gasteiger partial charge in [0.1, 0.15) is 28.6 Å². The number of hydrogen-bond donors (Lipinski definition) is 2. The van der Waals surface area contributed by atoms with Crippen molar-refractivity contribution in [1.82, 2.24) is 25.0 Å². The Morgan fingerprint density at radius 3 is 2.52 bits per heavy atom. The molecule has 46 heavy (non-hydrogen) atoms. The number of fused-ring (bicyclic) bond motifs is 2. The molecule has 1 atom stereocenters. The summed E-state index contributed by atoms with van der Waals surface area (Å²) in [6.45, 7) is 1.52. The molecule has 3 heterocycles. The van der Waals surface area contributed by atoms with Crippen molar-refractivity contribution in [2.24, 2.45) is 5.41 Å². The molecule has 3 aromatic heterocycles. The summed E-state index contributed by atoms with van der Waals surface area (Å²) in [5.41, 5.74) is -2.16. The maximum absolute atomic E-state index is 14.8. The monoisotopic (exact) mass is 658 g/mol. The number of pyridine rings is 2. The molecule has 8 nitrogen and oxygen atoms in total. The Morgan fingerprint density at radius 1 is 1.09 bits per heavy atom. The van der Waals surface area contributed by atoms with E-state index in [1.54, 1.807) is 18.2 Å². The Kier molecular flexibility index (Phi) is 7.71. The van der Waals surface area contributed by atoms with Crippen LogP contribution in [0.4, 0.5) is 37.7 Å². The fourth-order valence-corrected chi connectivity index (χ4v) is 5.49. The number of alkyl halides is 5. The second-order valence-electron chi connectivity index (χ2n) is 11.9. The van der Waals surface area contributed by atoms with Crippen molar-refractivity contribution >= 4 is 44.8 Å². The minimum Gasteiger partial charge on any atom is -0.382 e. The van der Waals surface area contributed by atoms with E-state index in [4.69, 9.17) is 11.6 Å². The summed E-state index contributed by atoms with van der Waals surface area (Å²) in [6, 6.07) is 10.1. The van der Waals surface area contributed by atoms with Gasteiger partial charge >= 0.3 is 6.18 Å². The van der Waals surface area contributed by atoms with Gasteiger partial charge in [0, 0.05) is 35.4 Å². The number of aromatic nitrogens is 5. The fraction of sp³-hybridized carbons (Fsp3) is 0.323. The van der Waals surface area contributed by atoms with E-state index in [9.17, 15) is 31.6 Å². The van der Waals surface area contributed by atoms with Crippen LogP contribution in [0.3, 0.4) is 0 Å². The molecular weight excluding hydrogens is 634 g/mol. The molecule has 6 rings (SSSR count). The highest BCUT2D eigenvalue weighted by Gasteiger charge is 2.54. The predicted octanol–water partition coefficient (Wildman–Crippen LogP) is 7.99. The SMILES string of the molecule is CC(C)(CNc1c(C#N)cnc2c(Cl)cc(N[C@H](c3cn(C4(C(F)F)CC4)nn3)c3ccc(F)c4ncccc34)cc12)C(F)(F)F. The van der Waals surface area contributed by atoms with Crippen molar-refractivity contribution in [3.05, 3.63) is 82.6 Å². The van der Waals surface area contributed by atoms with E-state index >= 15 is 0 Å². The number of nitrogens with zero attached hydrogens (tertiary/aromatic N) is 6. The van der Waals surface area contributed by atoms with Crippen molar-refractivity contribution in [3.8, 4) is 6.07 Å². The molecule has 238 valence electrons. The number of nitrogens with one attached hydrogen (secondary N) is 2. The largest absolute Gasteiger partial charge is 0.395 e. The summed E-state index contributed by atoms with van der Waals surface area (Å²) < 4.78 is 84.7. The second-order valence-corrected chi connectivity index (χ2v) is 12.3. The lowest BCUT2D eigenvalue weighted by Gasteiger charge is -2.28. The zero-order chi connectivity index (χ0) is 33.0. The third kappa shape index (κ3) is 5.42. The van der Waals surface area contributed by atoms with Gasteiger partial charge in [0.25, 0.3) is 6.43 Å². The minimum absolute atomic E-state index is 0.00415. The Balaban J connectivity index is 1.48. The normalized spacial score (nSPS) is 15.2. The van der Waals surface area contributed by atoms with E-state index in [0.717, 1.165) is 18.5 Å². The van der Waals surface area contributed by atoms with Crippen LogP contribution in [0.1, 0.15) is 49.6 Å². The molecular formula is C31H25ClF6N8. The maximum atomic E-state index is 14.8. The summed E-state index contributed by atoms with van der Waals surface area (Å²) in [6.07, 6.45) is -2.68. The smallest absolute Gasteiger partial charge is 0.382 e. The van der Waals surface area contributed by atoms with Crippen molar-refractivity contribution in [2.45, 2.75) is 50.9 Å². The summed E-state index contributed by atoms with van der Waals surface area (Å²) in [5.74, 6) is -0.572. The summed E-state index contributed by atoms with van der Waals surface area (Å²) in [4.78, 5) is 8.41. The molecule has 0 amide bonds. The van der Waals surface area contributed by atoms with E-state index in [0.29, 0.717) is 16.6 Å². The first-order chi connectivity index (χ1) is 21.8. The highest BCUT2D eigenvalue weighted by atomic mass is 35.5. The number of anilines is 2. The minimum atomic E-state index is -4.53. The van der Waals surface area contributed by atoms with Gasteiger partial charge in [-0.25, -0.2) is 17.9 Å². The summed E-state index contributed by atoms with van der Waals surface area (Å²) in [7, 11) is 0. The van der Waals surface area contributed by atoms with Gasteiger partial charge in [-0.1, -0.05) is 28.9 Å². The Bertz CT molecular complexity index is 2000. The standard InChI is InChI=1S/C31H25ClF6N8/c1-29(2,31(36,37)38)15-42-24-16(12-39)13-41-25-20(24)10-17(11-21(25)32)43-27(19-5-6-22(33)26-18(19)4-3-9-40-26)23-14-46(45-44-23)30(7-8-30)28(34)35/h3-6,9-11,13-14,27-28,43H,7-8,15H2,1-2H3,(H,41,42)/t27-/m0/s1. The van der Waals surface area contributed by atoms with Crippen molar-refractivity contribution in [2.75, 3.05) is 17.2 Å². The lowest BCUT2D eigenvalue weighted by Crippen LogP contribution is -2.38. The summed E-state index contributed by atoms with van der Waals surface area (Å²) in [5, 5.41) is 24.8. The van der Waals surface area contributed by atoms with E-state index in [1.165, 1.54) is 36.8 Å². The fourth-order valence-electron chi connectivity index (χ4n) is 5.22. The van der Waals surface area contributed by atoms with Crippen molar-refractivity contribution in [3.63, 3.8) is 0 Å². The molecule has 1 saturated carbocycles. The quantitative estimate of drug-likeness (QED) is 0.155. The van der Waals surface area contributed by atoms with Crippen LogP contribution in [0, 0.1) is 22.6 Å². The molecule has 2 aromatic carbocycles. The molecule has 2 N–H and O–H groups in total. The zero-order valence-corrected chi connectivity index (χ0v) is 25.1. The highest BCUT2D eigenvalue weighted by Crippen LogP contribution is 2.48. The third-order valence-corrected chi connectivity index (χ3v) is 8.62. The molecule has 5 aromatic rings. The molecule has 0 aliphatic heterocycles. The first-order valence-corrected chi connectivity index (χ1v) is 14.5. The van der Waals surface area contributed by atoms with Gasteiger partial charge < -0.3 is 10.6 Å². The van der Waals surface area contributed by atoms with Crippen molar-refractivity contribution < 1.29 is 26.3 Å². The van der Waals surface area contributed by atoms with Gasteiger partial charge in [0.2, 0.25) is 0 Å². The first-order valence-electron chi connectivity index (χ1n) is 14.1. The van der Waals surface area contributed by atoms with E-state index < -0.39 is 42.0 Å². The van der Waals surface area contributed by atoms with Crippen molar-refractivity contribution in [1.29, 1.82) is 5.26 Å². The molecule has 15 heteroatoms. The van der Waals surface area contributed by atoms with Crippen LogP contribution < -0.4 is 10.6 Å². The molecule has 1 aliphatic carbocycles. The van der Waals surface area contributed by atoms with Crippen LogP contribution >= 0.6 is 11.6 Å². The average Bonchev–Trinajstić information content (AvgIpc) is 3.69. The van der Waals surface area contributed by atoms with Crippen LogP contribution in [-0.2, 0) is 5.54 Å². The number of rotatable bonds is 9. The number of hydrogen-bond acceptors (Lipinski definition) is 7. The van der Waals surface area contributed by atoms with Gasteiger partial charge in [-0.15, -0.1) is 5.10 Å². The number of benzene rings is 2. The molecule has 1 aliphatic rings. The van der Waals surface area contributed by atoms with E-state index in [1.807, 2.05) is 6.07 Å². The first kappa shape index (κ1) is 31.3. The maximum Gasteiger partial charge on any atom is 0.395 e. The Morgan fingerprint density at radius 2 is 1.85 bits per heavy atom. The Hall–Kier alpha value is -4.64. The average molecular weight is 659 g/mol. The lowest BCUT2D eigenvalue weighted by atomic mass is 9.92. The van der Waals surface area contributed by atoms with Crippen LogP contribution in [-0.4, -0.2) is 44.1 Å². The van der Waals surface area contributed by atoms with Gasteiger partial charge in [0.05, 0.1) is 39.4 Å². The zero-order valence-electron chi connectivity index (χ0n) is 24.3. The van der Waals surface area contributed by atoms with Gasteiger partial charge in [-0.3, -0.25) is 9.97 Å². The number of halogens is 7. The van der Waals surface area contributed by atoms with Crippen LogP contribution in [0.2, 0.25) is 5.02 Å². The molecule has 0 bridgehead atoms. The second kappa shape index (κ2) is 11.3. The summed E-state index contributed by atoms with van der Waals surface area (Å²) >= 11 is 6.62. The van der Waals surface area contributed by atoms with Crippen LogP contribution in [0.25, 0.3) is 21.8 Å². The van der Waals surface area contributed by atoms with Gasteiger partial charge in [-0.2, -0.15) is 18.4 Å². The lowest BCUT2D eigenvalue weighted by molar-refractivity contribution is -0.206. The van der Waals surface area contributed by atoms with E-state index in [-0.39, 0.29) is 51.2 Å². The third-order valence-electron chi connectivity index (χ3n) is 8.33. The topological polar surface area (TPSA) is 104 Å². The van der Waals surface area contributed by atoms with Gasteiger partial charge in [0.15, 0.2) is 0 Å². The van der Waals surface area contributed by atoms with Crippen LogP contribution in [0.15, 0.2) is 55.0 Å². The number of nitriles is 1. The Labute approximate surface area is 263 Å². The van der Waals surface area contributed by atoms with E-state index in [2.05, 4.69) is 30.9 Å². The molecule has 0 radical (unpaired) electrons. The molecule has 0 saturated heterocycles. The predicted molar refractivity (Wildman–Crippen MR) is 160 cm³/mol. The molecule has 1 fully saturated rings. The molecule has 0 spiro atoms.